The lowest BCUT2D eigenvalue weighted by Crippen LogP contribution is -2.46. The third kappa shape index (κ3) is 4.73. The number of benzene rings is 3. The standard InChI is InChI=1S/C32H32FN3O4/c1-21(2)35-19-24(27-17-23(9-12-29(27)35)26-5-3-4-6-28(26)33)18-34-15-13-32(14-16-34)20-36(31(39)40-32)25-10-7-22(8-11-25)30(37)38/h3-12,17,19,21H,13-16,18,20H2,1-2H3,(H,37,38). The Bertz CT molecular complexity index is 1590. The Morgan fingerprint density at radius 1 is 1.05 bits per heavy atom. The van der Waals surface area contributed by atoms with Gasteiger partial charge in [-0.2, -0.15) is 0 Å². The van der Waals surface area contributed by atoms with Crippen LogP contribution in [-0.4, -0.2) is 51.9 Å². The minimum absolute atomic E-state index is 0.180. The van der Waals surface area contributed by atoms with Crippen molar-refractivity contribution in [1.82, 2.24) is 9.47 Å². The normalized spacial score (nSPS) is 17.2. The summed E-state index contributed by atoms with van der Waals surface area (Å²) in [6, 6.07) is 19.6. The highest BCUT2D eigenvalue weighted by Gasteiger charge is 2.47. The van der Waals surface area contributed by atoms with E-state index in [9.17, 15) is 14.0 Å². The van der Waals surface area contributed by atoms with Crippen LogP contribution in [0.5, 0.6) is 0 Å². The number of carbonyl (C=O) groups is 2. The fraction of sp³-hybridized carbons (Fsp3) is 0.312. The molecule has 2 aliphatic rings. The van der Waals surface area contributed by atoms with E-state index in [0.717, 1.165) is 36.1 Å². The van der Waals surface area contributed by atoms with Crippen molar-refractivity contribution in [3.63, 3.8) is 0 Å². The Balaban J connectivity index is 1.19. The maximum atomic E-state index is 14.6. The molecule has 6 rings (SSSR count). The number of halogens is 1. The summed E-state index contributed by atoms with van der Waals surface area (Å²) < 4.78 is 22.8. The van der Waals surface area contributed by atoms with Gasteiger partial charge in [-0.05, 0) is 67.4 Å². The molecule has 1 amide bonds. The number of carbonyl (C=O) groups excluding carboxylic acids is 1. The first-order chi connectivity index (χ1) is 19.2. The van der Waals surface area contributed by atoms with Gasteiger partial charge in [-0.1, -0.05) is 24.3 Å². The Hall–Kier alpha value is -4.17. The molecule has 1 N–H and O–H groups in total. The summed E-state index contributed by atoms with van der Waals surface area (Å²) in [4.78, 5) is 27.9. The summed E-state index contributed by atoms with van der Waals surface area (Å²) in [6.07, 6.45) is 3.25. The van der Waals surface area contributed by atoms with E-state index >= 15 is 0 Å². The molecule has 3 aromatic carbocycles. The van der Waals surface area contributed by atoms with E-state index in [1.165, 1.54) is 23.8 Å². The number of rotatable bonds is 6. The fourth-order valence-electron chi connectivity index (χ4n) is 5.97. The molecule has 1 spiro atoms. The average Bonchev–Trinajstić information content (AvgIpc) is 3.47. The molecule has 2 fully saturated rings. The van der Waals surface area contributed by atoms with Gasteiger partial charge >= 0.3 is 12.1 Å². The molecule has 0 bridgehead atoms. The second-order valence-corrected chi connectivity index (χ2v) is 11.1. The number of hydrogen-bond donors (Lipinski definition) is 1. The number of aromatic carboxylic acids is 1. The number of nitrogens with zero attached hydrogens (tertiary/aromatic N) is 3. The van der Waals surface area contributed by atoms with E-state index in [2.05, 4.69) is 41.6 Å². The first-order valence-corrected chi connectivity index (χ1v) is 13.7. The van der Waals surface area contributed by atoms with Gasteiger partial charge in [0.15, 0.2) is 0 Å². The zero-order chi connectivity index (χ0) is 28.0. The smallest absolute Gasteiger partial charge is 0.415 e. The lowest BCUT2D eigenvalue weighted by atomic mass is 9.91. The molecule has 2 aliphatic heterocycles. The number of aromatic nitrogens is 1. The number of carboxylic acid groups (broad SMARTS) is 1. The number of likely N-dealkylation sites (tertiary alicyclic amines) is 1. The second kappa shape index (κ2) is 10.1. The number of amides is 1. The van der Waals surface area contributed by atoms with Crippen LogP contribution < -0.4 is 4.90 Å². The largest absolute Gasteiger partial charge is 0.478 e. The van der Waals surface area contributed by atoms with Crippen LogP contribution in [0.25, 0.3) is 22.0 Å². The Morgan fingerprint density at radius 3 is 2.45 bits per heavy atom. The highest BCUT2D eigenvalue weighted by Crippen LogP contribution is 2.37. The van der Waals surface area contributed by atoms with Gasteiger partial charge in [0.2, 0.25) is 0 Å². The van der Waals surface area contributed by atoms with E-state index in [-0.39, 0.29) is 17.4 Å². The van der Waals surface area contributed by atoms with Crippen molar-refractivity contribution in [2.24, 2.45) is 0 Å². The lowest BCUT2D eigenvalue weighted by molar-refractivity contribution is -0.000898. The van der Waals surface area contributed by atoms with Gasteiger partial charge in [-0.25, -0.2) is 14.0 Å². The molecule has 206 valence electrons. The van der Waals surface area contributed by atoms with Crippen LogP contribution in [0.2, 0.25) is 0 Å². The number of anilines is 1. The molecule has 0 atom stereocenters. The van der Waals surface area contributed by atoms with E-state index in [1.54, 1.807) is 23.1 Å². The maximum absolute atomic E-state index is 14.6. The number of ether oxygens (including phenoxy) is 1. The van der Waals surface area contributed by atoms with Gasteiger partial charge < -0.3 is 14.4 Å². The molecule has 7 nitrogen and oxygen atoms in total. The highest BCUT2D eigenvalue weighted by molar-refractivity contribution is 5.92. The molecule has 40 heavy (non-hydrogen) atoms. The van der Waals surface area contributed by atoms with Crippen molar-refractivity contribution >= 4 is 28.7 Å². The molecule has 0 unspecified atom stereocenters. The number of fused-ring (bicyclic) bond motifs is 1. The molecule has 3 heterocycles. The van der Waals surface area contributed by atoms with Gasteiger partial charge in [-0.15, -0.1) is 0 Å². The molecule has 1 aromatic heterocycles. The number of hydrogen-bond acceptors (Lipinski definition) is 4. The first-order valence-electron chi connectivity index (χ1n) is 13.7. The molecule has 2 saturated heterocycles. The lowest BCUT2D eigenvalue weighted by Gasteiger charge is -2.37. The quantitative estimate of drug-likeness (QED) is 0.293. The third-order valence-corrected chi connectivity index (χ3v) is 8.21. The van der Waals surface area contributed by atoms with Crippen molar-refractivity contribution in [3.05, 3.63) is 89.9 Å². The van der Waals surface area contributed by atoms with Gasteiger partial charge in [0.1, 0.15) is 11.4 Å². The van der Waals surface area contributed by atoms with Crippen LogP contribution in [0.3, 0.4) is 0 Å². The van der Waals surface area contributed by atoms with E-state index in [1.807, 2.05) is 18.2 Å². The molecular weight excluding hydrogens is 509 g/mol. The van der Waals surface area contributed by atoms with Gasteiger partial charge in [0.05, 0.1) is 12.1 Å². The summed E-state index contributed by atoms with van der Waals surface area (Å²) >= 11 is 0. The summed E-state index contributed by atoms with van der Waals surface area (Å²) in [5.74, 6) is -1.23. The summed E-state index contributed by atoms with van der Waals surface area (Å²) in [6.45, 7) is 7.08. The monoisotopic (exact) mass is 541 g/mol. The van der Waals surface area contributed by atoms with Crippen molar-refractivity contribution in [2.45, 2.75) is 44.9 Å². The average molecular weight is 542 g/mol. The van der Waals surface area contributed by atoms with Crippen molar-refractivity contribution in [1.29, 1.82) is 0 Å². The Labute approximate surface area is 232 Å². The molecule has 0 aliphatic carbocycles. The van der Waals surface area contributed by atoms with Crippen LogP contribution in [0.4, 0.5) is 14.9 Å². The Morgan fingerprint density at radius 2 is 1.77 bits per heavy atom. The minimum Gasteiger partial charge on any atom is -0.478 e. The van der Waals surface area contributed by atoms with Crippen LogP contribution >= 0.6 is 0 Å². The van der Waals surface area contributed by atoms with Gasteiger partial charge in [-0.3, -0.25) is 9.80 Å². The molecular formula is C32H32FN3O4. The summed E-state index contributed by atoms with van der Waals surface area (Å²) in [7, 11) is 0. The van der Waals surface area contributed by atoms with E-state index in [0.29, 0.717) is 30.6 Å². The zero-order valence-electron chi connectivity index (χ0n) is 22.6. The maximum Gasteiger partial charge on any atom is 0.415 e. The van der Waals surface area contributed by atoms with Crippen LogP contribution in [0, 0.1) is 5.82 Å². The van der Waals surface area contributed by atoms with Crippen molar-refractivity contribution < 1.29 is 23.8 Å². The second-order valence-electron chi connectivity index (χ2n) is 11.1. The predicted octanol–water partition coefficient (Wildman–Crippen LogP) is 6.72. The summed E-state index contributed by atoms with van der Waals surface area (Å²) in [5.41, 5.74) is 4.05. The van der Waals surface area contributed by atoms with Crippen molar-refractivity contribution in [2.75, 3.05) is 24.5 Å². The van der Waals surface area contributed by atoms with Gasteiger partial charge in [0, 0.05) is 66.9 Å². The fourth-order valence-corrected chi connectivity index (χ4v) is 5.97. The number of piperidine rings is 1. The summed E-state index contributed by atoms with van der Waals surface area (Å²) in [5, 5.41) is 10.3. The number of carboxylic acids is 1. The molecule has 8 heteroatoms. The Kier molecular flexibility index (Phi) is 6.58. The predicted molar refractivity (Wildman–Crippen MR) is 152 cm³/mol. The van der Waals surface area contributed by atoms with Gasteiger partial charge in [0.25, 0.3) is 0 Å². The topological polar surface area (TPSA) is 75.0 Å². The zero-order valence-corrected chi connectivity index (χ0v) is 22.6. The SMILES string of the molecule is CC(C)n1cc(CN2CCC3(CC2)CN(c2ccc(C(=O)O)cc2)C(=O)O3)c2cc(-c3ccccc3F)ccc21. The van der Waals surface area contributed by atoms with Crippen LogP contribution in [-0.2, 0) is 11.3 Å². The van der Waals surface area contributed by atoms with Crippen LogP contribution in [0.1, 0.15) is 48.7 Å². The van der Waals surface area contributed by atoms with E-state index < -0.39 is 17.7 Å². The molecule has 4 aromatic rings. The first kappa shape index (κ1) is 26.1. The molecule has 0 radical (unpaired) electrons. The third-order valence-electron chi connectivity index (χ3n) is 8.21. The minimum atomic E-state index is -1.00. The van der Waals surface area contributed by atoms with E-state index in [4.69, 9.17) is 9.84 Å². The van der Waals surface area contributed by atoms with Crippen LogP contribution in [0.15, 0.2) is 72.9 Å². The molecule has 0 saturated carbocycles. The van der Waals surface area contributed by atoms with Crippen molar-refractivity contribution in [3.8, 4) is 11.1 Å². The highest BCUT2D eigenvalue weighted by atomic mass is 19.1.